The number of esters is 2. The van der Waals surface area contributed by atoms with Crippen LogP contribution in [-0.2, 0) is 32.0 Å². The molecule has 0 radical (unpaired) electrons. The van der Waals surface area contributed by atoms with Crippen molar-refractivity contribution in [3.05, 3.63) is 64.2 Å². The number of ether oxygens (including phenoxy) is 4. The Hall–Kier alpha value is -4.33. The predicted octanol–water partition coefficient (Wildman–Crippen LogP) is 7.22. The Balaban J connectivity index is 1.17. The number of nitrogens with one attached hydrogen (secondary N) is 2. The number of carboxylic acids is 1. The Kier molecular flexibility index (Phi) is 11.1. The molecular formula is C46H63N5O8. The lowest BCUT2D eigenvalue weighted by molar-refractivity contribution is -0.247. The van der Waals surface area contributed by atoms with E-state index in [9.17, 15) is 19.5 Å². The molecule has 3 N–H and O–H groups in total. The van der Waals surface area contributed by atoms with Gasteiger partial charge >= 0.3 is 17.9 Å². The molecule has 0 saturated heterocycles. The molecule has 1 aliphatic heterocycles. The molecule has 2 aromatic heterocycles. The summed E-state index contributed by atoms with van der Waals surface area (Å²) in [5.74, 6) is -1.26. The highest BCUT2D eigenvalue weighted by atomic mass is 16.6. The average molecular weight is 814 g/mol. The maximum absolute atomic E-state index is 14.1. The van der Waals surface area contributed by atoms with Crippen molar-refractivity contribution in [2.75, 3.05) is 33.4 Å². The van der Waals surface area contributed by atoms with Gasteiger partial charge in [0.25, 0.3) is 0 Å². The lowest BCUT2D eigenvalue weighted by Gasteiger charge is -2.69. The third-order valence-electron chi connectivity index (χ3n) is 12.5. The lowest BCUT2D eigenvalue weighted by Crippen LogP contribution is -2.64. The van der Waals surface area contributed by atoms with Crippen molar-refractivity contribution in [3.8, 4) is 16.9 Å². The second-order valence-electron chi connectivity index (χ2n) is 20.6. The monoisotopic (exact) mass is 813 g/mol. The predicted molar refractivity (Wildman–Crippen MR) is 223 cm³/mol. The molecule has 0 spiro atoms. The van der Waals surface area contributed by atoms with E-state index in [1.807, 2.05) is 66.8 Å². The van der Waals surface area contributed by atoms with Crippen molar-refractivity contribution in [2.24, 2.45) is 16.2 Å². The van der Waals surface area contributed by atoms with Crippen LogP contribution in [0.5, 0.6) is 5.75 Å². The fraction of sp³-hybridized carbons (Fsp3) is 0.630. The van der Waals surface area contributed by atoms with E-state index in [0.29, 0.717) is 48.7 Å². The van der Waals surface area contributed by atoms with Gasteiger partial charge in [-0.15, -0.1) is 0 Å². The third kappa shape index (κ3) is 8.93. The number of fused-ring (bicyclic) bond motifs is 1. The first-order valence-corrected chi connectivity index (χ1v) is 21.0. The Labute approximate surface area is 348 Å². The number of pyridine rings is 1. The summed E-state index contributed by atoms with van der Waals surface area (Å²) in [6.07, 6.45) is 8.74. The first-order valence-electron chi connectivity index (χ1n) is 21.0. The molecule has 5 aliphatic rings. The van der Waals surface area contributed by atoms with Gasteiger partial charge in [-0.25, -0.2) is 14.6 Å². The van der Waals surface area contributed by atoms with Gasteiger partial charge in [0, 0.05) is 42.0 Å². The van der Waals surface area contributed by atoms with Gasteiger partial charge in [-0.1, -0.05) is 13.8 Å². The number of aromatic nitrogens is 3. The Bertz CT molecular complexity index is 2110. The standard InChI is InChI=1S/C46H63N5O8/c1-28-32(29-11-13-33(50-37(29)40(55)59-42(5,6)7)38-36-30(15-16-48-38)34(56-10)14-12-31(36)39(53)54)19-49-51(28)27-45-22-43(8)21-44(9,23-45)25-46(24-43,26-45)57-18-17-47-20-35(52)58-41(2,3)4/h11-14,19,38,47-48H,15-18,20-27H2,1-10H3,(H,53,54). The molecule has 4 aliphatic carbocycles. The van der Waals surface area contributed by atoms with Crippen molar-refractivity contribution in [2.45, 2.75) is 137 Å². The number of methoxy groups -OCH3 is 1. The van der Waals surface area contributed by atoms with E-state index in [1.54, 1.807) is 19.2 Å². The molecular weight excluding hydrogens is 751 g/mol. The van der Waals surface area contributed by atoms with Crippen LogP contribution in [0, 0.1) is 23.2 Å². The number of nitrogens with zero attached hydrogens (tertiary/aromatic N) is 3. The van der Waals surface area contributed by atoms with Crippen molar-refractivity contribution >= 4 is 17.9 Å². The van der Waals surface area contributed by atoms with Crippen molar-refractivity contribution in [1.29, 1.82) is 0 Å². The van der Waals surface area contributed by atoms with E-state index >= 15 is 0 Å². The first kappa shape index (κ1) is 42.8. The largest absolute Gasteiger partial charge is 0.496 e. The second-order valence-corrected chi connectivity index (χ2v) is 20.6. The number of aromatic carboxylic acids is 1. The molecule has 3 atom stereocenters. The van der Waals surface area contributed by atoms with E-state index in [0.717, 1.165) is 55.5 Å². The minimum absolute atomic E-state index is 0.0324. The highest BCUT2D eigenvalue weighted by molar-refractivity contribution is 5.96. The Morgan fingerprint density at radius 1 is 0.932 bits per heavy atom. The number of hydrogen-bond acceptors (Lipinski definition) is 11. The average Bonchev–Trinajstić information content (AvgIpc) is 3.45. The molecule has 4 bridgehead atoms. The summed E-state index contributed by atoms with van der Waals surface area (Å²) in [6, 6.07) is 6.42. The molecule has 0 amide bonds. The number of carbonyl (C=O) groups excluding carboxylic acids is 2. The second kappa shape index (κ2) is 15.3. The van der Waals surface area contributed by atoms with Crippen LogP contribution in [0.4, 0.5) is 0 Å². The molecule has 8 rings (SSSR count). The van der Waals surface area contributed by atoms with Crippen LogP contribution in [0.15, 0.2) is 30.5 Å². The summed E-state index contributed by atoms with van der Waals surface area (Å²) in [5, 5.41) is 21.9. The van der Waals surface area contributed by atoms with Crippen LogP contribution in [0.1, 0.15) is 143 Å². The molecule has 1 aromatic carbocycles. The van der Waals surface area contributed by atoms with Gasteiger partial charge in [0.2, 0.25) is 0 Å². The molecule has 4 fully saturated rings. The summed E-state index contributed by atoms with van der Waals surface area (Å²) in [4.78, 5) is 43.8. The molecule has 3 unspecified atom stereocenters. The van der Waals surface area contributed by atoms with Crippen molar-refractivity contribution in [3.63, 3.8) is 0 Å². The fourth-order valence-corrected chi connectivity index (χ4v) is 11.9. The lowest BCUT2D eigenvalue weighted by atomic mass is 9.39. The molecule has 13 heteroatoms. The molecule has 3 heterocycles. The van der Waals surface area contributed by atoms with Gasteiger partial charge in [-0.2, -0.15) is 5.10 Å². The first-order chi connectivity index (χ1) is 27.5. The maximum Gasteiger partial charge on any atom is 0.358 e. The van der Waals surface area contributed by atoms with E-state index in [4.69, 9.17) is 29.0 Å². The van der Waals surface area contributed by atoms with Gasteiger partial charge < -0.3 is 34.7 Å². The zero-order valence-electron chi connectivity index (χ0n) is 36.6. The van der Waals surface area contributed by atoms with Crippen LogP contribution in [-0.4, -0.2) is 87.9 Å². The Morgan fingerprint density at radius 3 is 2.27 bits per heavy atom. The van der Waals surface area contributed by atoms with Crippen LogP contribution >= 0.6 is 0 Å². The molecule has 320 valence electrons. The van der Waals surface area contributed by atoms with Gasteiger partial charge in [0.05, 0.1) is 49.4 Å². The van der Waals surface area contributed by atoms with Crippen LogP contribution < -0.4 is 15.4 Å². The maximum atomic E-state index is 14.1. The third-order valence-corrected chi connectivity index (χ3v) is 12.5. The summed E-state index contributed by atoms with van der Waals surface area (Å²) in [6.45, 7) is 20.5. The number of hydrogen-bond donors (Lipinski definition) is 3. The summed E-state index contributed by atoms with van der Waals surface area (Å²) >= 11 is 0. The van der Waals surface area contributed by atoms with E-state index in [1.165, 1.54) is 6.42 Å². The van der Waals surface area contributed by atoms with Crippen LogP contribution in [0.3, 0.4) is 0 Å². The molecule has 13 nitrogen and oxygen atoms in total. The summed E-state index contributed by atoms with van der Waals surface area (Å²) < 4.78 is 26.0. The number of benzene rings is 1. The zero-order chi connectivity index (χ0) is 42.8. The van der Waals surface area contributed by atoms with Gasteiger partial charge in [0.15, 0.2) is 5.69 Å². The highest BCUT2D eigenvalue weighted by Gasteiger charge is 2.66. The van der Waals surface area contributed by atoms with Gasteiger partial charge in [-0.05, 0) is 139 Å². The van der Waals surface area contributed by atoms with E-state index in [2.05, 4.69) is 29.2 Å². The van der Waals surface area contributed by atoms with Crippen LogP contribution in [0.25, 0.3) is 11.1 Å². The smallest absolute Gasteiger partial charge is 0.358 e. The molecule has 59 heavy (non-hydrogen) atoms. The molecule has 4 saturated carbocycles. The quantitative estimate of drug-likeness (QED) is 0.118. The van der Waals surface area contributed by atoms with E-state index in [-0.39, 0.29) is 45.6 Å². The Morgan fingerprint density at radius 2 is 1.63 bits per heavy atom. The minimum Gasteiger partial charge on any atom is -0.496 e. The topological polar surface area (TPSA) is 163 Å². The van der Waals surface area contributed by atoms with E-state index < -0.39 is 29.2 Å². The van der Waals surface area contributed by atoms with Crippen molar-refractivity contribution in [1.82, 2.24) is 25.4 Å². The molecule has 3 aromatic rings. The zero-order valence-corrected chi connectivity index (χ0v) is 36.6. The minimum atomic E-state index is -1.04. The number of rotatable bonds is 13. The summed E-state index contributed by atoms with van der Waals surface area (Å²) in [7, 11) is 1.58. The highest BCUT2D eigenvalue weighted by Crippen LogP contribution is 2.72. The van der Waals surface area contributed by atoms with Gasteiger partial charge in [0.1, 0.15) is 17.0 Å². The van der Waals surface area contributed by atoms with Crippen molar-refractivity contribution < 1.29 is 38.4 Å². The normalized spacial score (nSPS) is 27.3. The fourth-order valence-electron chi connectivity index (χ4n) is 11.9. The SMILES string of the molecule is COc1ccc(C(=O)O)c2c1CCNC2c1ccc(-c2cnn(CC34CC5(C)CC(C)(C3)CC(OCCNCC(=O)OC(C)(C)C)(C5)C4)c2C)c(C(=O)OC(C)(C)C)n1. The van der Waals surface area contributed by atoms with Crippen LogP contribution in [0.2, 0.25) is 0 Å². The van der Waals surface area contributed by atoms with Gasteiger partial charge in [-0.3, -0.25) is 9.48 Å². The number of carboxylic acid groups (broad SMARTS) is 1. The summed E-state index contributed by atoms with van der Waals surface area (Å²) in [5.41, 5.74) is 3.23. The number of carbonyl (C=O) groups is 3.